The van der Waals surface area contributed by atoms with Crippen molar-refractivity contribution in [1.82, 2.24) is 10.3 Å². The molecule has 0 radical (unpaired) electrons. The molecule has 1 atom stereocenters. The van der Waals surface area contributed by atoms with Crippen LogP contribution >= 0.6 is 0 Å². The fraction of sp³-hybridized carbons (Fsp3) is 0.615. The van der Waals surface area contributed by atoms with E-state index in [0.717, 1.165) is 5.92 Å². The molecule has 1 N–H and O–H groups in total. The Hall–Kier alpha value is -0.890. The molecule has 0 aliphatic carbocycles. The van der Waals surface area contributed by atoms with Crippen LogP contribution in [0.2, 0.25) is 0 Å². The van der Waals surface area contributed by atoms with Gasteiger partial charge in [-0.1, -0.05) is 13.8 Å². The first-order chi connectivity index (χ1) is 7.15. The van der Waals surface area contributed by atoms with Gasteiger partial charge in [0.25, 0.3) is 0 Å². The van der Waals surface area contributed by atoms with Gasteiger partial charge in [0.05, 0.1) is 0 Å². The van der Waals surface area contributed by atoms with Gasteiger partial charge in [-0.25, -0.2) is 0 Å². The van der Waals surface area contributed by atoms with Crippen LogP contribution < -0.4 is 5.32 Å². The van der Waals surface area contributed by atoms with Gasteiger partial charge in [0.1, 0.15) is 0 Å². The zero-order chi connectivity index (χ0) is 11.3. The number of pyridine rings is 1. The van der Waals surface area contributed by atoms with Crippen LogP contribution in [0.15, 0.2) is 18.5 Å². The summed E-state index contributed by atoms with van der Waals surface area (Å²) in [6.45, 7) is 6.68. The van der Waals surface area contributed by atoms with Crippen LogP contribution in [0.1, 0.15) is 43.9 Å². The molecule has 2 nitrogen and oxygen atoms in total. The van der Waals surface area contributed by atoms with Crippen molar-refractivity contribution < 1.29 is 0 Å². The van der Waals surface area contributed by atoms with E-state index in [1.54, 1.807) is 0 Å². The van der Waals surface area contributed by atoms with E-state index in [1.807, 2.05) is 19.4 Å². The van der Waals surface area contributed by atoms with Gasteiger partial charge in [-0.15, -0.1) is 0 Å². The molecule has 0 fully saturated rings. The molecular formula is C13H22N2. The Kier molecular flexibility index (Phi) is 4.76. The zero-order valence-electron chi connectivity index (χ0n) is 10.2. The Labute approximate surface area is 93.1 Å². The van der Waals surface area contributed by atoms with Crippen LogP contribution in [0.25, 0.3) is 0 Å². The number of rotatable bonds is 5. The predicted molar refractivity (Wildman–Crippen MR) is 64.8 cm³/mol. The highest BCUT2D eigenvalue weighted by Crippen LogP contribution is 2.22. The minimum atomic E-state index is 0.445. The Morgan fingerprint density at radius 1 is 1.33 bits per heavy atom. The molecule has 0 bridgehead atoms. The maximum Gasteiger partial charge on any atom is 0.0335 e. The van der Waals surface area contributed by atoms with E-state index in [-0.39, 0.29) is 0 Å². The number of nitrogens with one attached hydrogen (secondary N) is 1. The summed E-state index contributed by atoms with van der Waals surface area (Å²) < 4.78 is 0. The normalized spacial score (nSPS) is 13.1. The summed E-state index contributed by atoms with van der Waals surface area (Å²) in [5.74, 6) is 0.762. The van der Waals surface area contributed by atoms with Gasteiger partial charge in [0.15, 0.2) is 0 Å². The summed E-state index contributed by atoms with van der Waals surface area (Å²) >= 11 is 0. The number of hydrogen-bond donors (Lipinski definition) is 1. The van der Waals surface area contributed by atoms with Gasteiger partial charge in [-0.2, -0.15) is 0 Å². The Morgan fingerprint density at radius 2 is 2.07 bits per heavy atom. The zero-order valence-corrected chi connectivity index (χ0v) is 10.2. The van der Waals surface area contributed by atoms with Gasteiger partial charge in [-0.3, -0.25) is 4.98 Å². The van der Waals surface area contributed by atoms with Crippen molar-refractivity contribution in [1.29, 1.82) is 0 Å². The number of nitrogens with zero attached hydrogens (tertiary/aromatic N) is 1. The molecule has 0 saturated carbocycles. The monoisotopic (exact) mass is 206 g/mol. The molecule has 84 valence electrons. The summed E-state index contributed by atoms with van der Waals surface area (Å²) in [5.41, 5.74) is 2.66. The predicted octanol–water partition coefficient (Wildman–Crippen LogP) is 3.09. The van der Waals surface area contributed by atoms with Gasteiger partial charge < -0.3 is 5.32 Å². The van der Waals surface area contributed by atoms with E-state index in [9.17, 15) is 0 Å². The second-order valence-electron chi connectivity index (χ2n) is 4.54. The summed E-state index contributed by atoms with van der Waals surface area (Å²) in [6, 6.07) is 2.52. The third kappa shape index (κ3) is 3.63. The van der Waals surface area contributed by atoms with Crippen LogP contribution in [0.5, 0.6) is 0 Å². The third-order valence-electron chi connectivity index (χ3n) is 2.84. The second-order valence-corrected chi connectivity index (χ2v) is 4.54. The first kappa shape index (κ1) is 12.2. The molecule has 1 aromatic rings. The van der Waals surface area contributed by atoms with E-state index >= 15 is 0 Å². The SMILES string of the molecule is CNC(CCC(C)C)c1cnccc1C. The summed E-state index contributed by atoms with van der Waals surface area (Å²) in [5, 5.41) is 3.37. The minimum absolute atomic E-state index is 0.445. The highest BCUT2D eigenvalue weighted by Gasteiger charge is 2.11. The van der Waals surface area contributed by atoms with E-state index in [4.69, 9.17) is 0 Å². The molecule has 0 aromatic carbocycles. The van der Waals surface area contributed by atoms with Gasteiger partial charge >= 0.3 is 0 Å². The molecule has 1 unspecified atom stereocenters. The lowest BCUT2D eigenvalue weighted by Crippen LogP contribution is -2.18. The van der Waals surface area contributed by atoms with Crippen LogP contribution in [0, 0.1) is 12.8 Å². The summed E-state index contributed by atoms with van der Waals surface area (Å²) in [7, 11) is 2.03. The second kappa shape index (κ2) is 5.86. The van der Waals surface area contributed by atoms with E-state index in [0.29, 0.717) is 6.04 Å². The molecule has 0 saturated heterocycles. The molecular weight excluding hydrogens is 184 g/mol. The lowest BCUT2D eigenvalue weighted by Gasteiger charge is -2.19. The van der Waals surface area contributed by atoms with Crippen molar-refractivity contribution in [3.8, 4) is 0 Å². The van der Waals surface area contributed by atoms with Crippen molar-refractivity contribution in [2.24, 2.45) is 5.92 Å². The average molecular weight is 206 g/mol. The van der Waals surface area contributed by atoms with Crippen molar-refractivity contribution in [2.45, 2.75) is 39.7 Å². The fourth-order valence-electron chi connectivity index (χ4n) is 1.80. The molecule has 0 aliphatic heterocycles. The Bertz CT molecular complexity index is 294. The molecule has 0 aliphatic rings. The Balaban J connectivity index is 2.70. The number of hydrogen-bond acceptors (Lipinski definition) is 2. The lowest BCUT2D eigenvalue weighted by molar-refractivity contribution is 0.463. The van der Waals surface area contributed by atoms with Crippen molar-refractivity contribution in [2.75, 3.05) is 7.05 Å². The lowest BCUT2D eigenvalue weighted by atomic mass is 9.96. The maximum atomic E-state index is 4.20. The molecule has 1 rings (SSSR count). The quantitative estimate of drug-likeness (QED) is 0.800. The number of aryl methyl sites for hydroxylation is 1. The van der Waals surface area contributed by atoms with Crippen molar-refractivity contribution in [3.63, 3.8) is 0 Å². The van der Waals surface area contributed by atoms with Gasteiger partial charge in [0.2, 0.25) is 0 Å². The molecule has 1 aromatic heterocycles. The first-order valence-corrected chi connectivity index (χ1v) is 5.73. The Morgan fingerprint density at radius 3 is 2.60 bits per heavy atom. The van der Waals surface area contributed by atoms with Crippen molar-refractivity contribution in [3.05, 3.63) is 29.6 Å². The third-order valence-corrected chi connectivity index (χ3v) is 2.84. The van der Waals surface area contributed by atoms with Gasteiger partial charge in [-0.05, 0) is 49.9 Å². The van der Waals surface area contributed by atoms with Crippen LogP contribution in [-0.4, -0.2) is 12.0 Å². The maximum absolute atomic E-state index is 4.20. The smallest absolute Gasteiger partial charge is 0.0335 e. The largest absolute Gasteiger partial charge is 0.313 e. The standard InChI is InChI=1S/C13H22N2/c1-10(2)5-6-13(14-4)12-9-15-8-7-11(12)3/h7-10,13-14H,5-6H2,1-4H3. The topological polar surface area (TPSA) is 24.9 Å². The van der Waals surface area contributed by atoms with Gasteiger partial charge in [0, 0.05) is 18.4 Å². The highest BCUT2D eigenvalue weighted by atomic mass is 14.9. The van der Waals surface area contributed by atoms with E-state index < -0.39 is 0 Å². The molecule has 15 heavy (non-hydrogen) atoms. The molecule has 1 heterocycles. The fourth-order valence-corrected chi connectivity index (χ4v) is 1.80. The molecule has 2 heteroatoms. The average Bonchev–Trinajstić information content (AvgIpc) is 2.21. The first-order valence-electron chi connectivity index (χ1n) is 5.73. The van der Waals surface area contributed by atoms with E-state index in [2.05, 4.69) is 37.1 Å². The minimum Gasteiger partial charge on any atom is -0.313 e. The highest BCUT2D eigenvalue weighted by molar-refractivity contribution is 5.24. The van der Waals surface area contributed by atoms with Crippen LogP contribution in [0.3, 0.4) is 0 Å². The van der Waals surface area contributed by atoms with Crippen LogP contribution in [-0.2, 0) is 0 Å². The van der Waals surface area contributed by atoms with Crippen LogP contribution in [0.4, 0.5) is 0 Å². The van der Waals surface area contributed by atoms with Crippen molar-refractivity contribution >= 4 is 0 Å². The molecule has 0 amide bonds. The number of aromatic nitrogens is 1. The molecule has 0 spiro atoms. The summed E-state index contributed by atoms with van der Waals surface area (Å²) in [4.78, 5) is 4.20. The van der Waals surface area contributed by atoms with E-state index in [1.165, 1.54) is 24.0 Å². The summed E-state index contributed by atoms with van der Waals surface area (Å²) in [6.07, 6.45) is 6.27.